The summed E-state index contributed by atoms with van der Waals surface area (Å²) in [4.78, 5) is 57.4. The van der Waals surface area contributed by atoms with E-state index in [1.165, 1.54) is 17.4 Å². The Morgan fingerprint density at radius 3 is 2.13 bits per heavy atom. The molecule has 0 bridgehead atoms. The van der Waals surface area contributed by atoms with Gasteiger partial charge in [0.25, 0.3) is 5.91 Å². The number of aromatic nitrogens is 1. The van der Waals surface area contributed by atoms with Crippen LogP contribution in [0.1, 0.15) is 74.3 Å². The van der Waals surface area contributed by atoms with Crippen LogP contribution < -0.4 is 16.0 Å². The van der Waals surface area contributed by atoms with Crippen LogP contribution in [0.3, 0.4) is 0 Å². The zero-order valence-corrected chi connectivity index (χ0v) is 28.5. The van der Waals surface area contributed by atoms with Gasteiger partial charge in [0, 0.05) is 29.8 Å². The van der Waals surface area contributed by atoms with Gasteiger partial charge >= 0.3 is 0 Å². The number of amides is 3. The molecule has 1 heterocycles. The van der Waals surface area contributed by atoms with Crippen molar-refractivity contribution >= 4 is 52.9 Å². The van der Waals surface area contributed by atoms with Crippen molar-refractivity contribution in [1.82, 2.24) is 20.9 Å². The number of halogens is 1. The summed E-state index contributed by atoms with van der Waals surface area (Å²) in [5, 5.41) is 8.94. The van der Waals surface area contributed by atoms with Gasteiger partial charge in [-0.15, -0.1) is 11.3 Å². The van der Waals surface area contributed by atoms with Crippen LogP contribution in [0.5, 0.6) is 0 Å². The molecule has 0 radical (unpaired) electrons. The third kappa shape index (κ3) is 12.5. The van der Waals surface area contributed by atoms with Gasteiger partial charge in [-0.25, -0.2) is 9.37 Å². The van der Waals surface area contributed by atoms with E-state index in [4.69, 9.17) is 9.59 Å². The maximum Gasteiger partial charge on any atom is 0.251 e. The van der Waals surface area contributed by atoms with Gasteiger partial charge in [0.15, 0.2) is 0 Å². The van der Waals surface area contributed by atoms with E-state index in [9.17, 15) is 14.4 Å². The Morgan fingerprint density at radius 1 is 0.915 bits per heavy atom. The van der Waals surface area contributed by atoms with Gasteiger partial charge in [-0.1, -0.05) is 70.2 Å². The van der Waals surface area contributed by atoms with Gasteiger partial charge in [0.05, 0.1) is 22.7 Å². The van der Waals surface area contributed by atoms with E-state index >= 15 is 4.39 Å². The Kier molecular flexibility index (Phi) is 18.7. The first-order chi connectivity index (χ1) is 22.9. The highest BCUT2D eigenvalue weighted by Crippen LogP contribution is 2.33. The second-order valence-corrected chi connectivity index (χ2v) is 10.8. The molecule has 3 N–H and O–H groups in total. The molecule has 0 aliphatic heterocycles. The van der Waals surface area contributed by atoms with Crippen molar-refractivity contribution in [2.24, 2.45) is 0 Å². The molecule has 1 aliphatic carbocycles. The van der Waals surface area contributed by atoms with Gasteiger partial charge < -0.3 is 25.5 Å². The number of fused-ring (bicyclic) bond motifs is 1. The van der Waals surface area contributed by atoms with E-state index in [1.807, 2.05) is 71.6 Å². The average Bonchev–Trinajstić information content (AvgIpc) is 3.85. The van der Waals surface area contributed by atoms with E-state index in [2.05, 4.69) is 20.9 Å². The molecule has 3 amide bonds. The lowest BCUT2D eigenvalue weighted by Gasteiger charge is -2.09. The SMILES string of the molecule is C=O.C=O.CC.CC.CC(C(=O)NCC(=O)NC1CC1)c1nc2cc(F)c(-c3ccc(C(=O)NCCc4ccccc4)cc3)cc2s1. The van der Waals surface area contributed by atoms with Crippen molar-refractivity contribution in [2.75, 3.05) is 13.1 Å². The highest BCUT2D eigenvalue weighted by Gasteiger charge is 2.25. The maximum atomic E-state index is 15.0. The Labute approximate surface area is 280 Å². The van der Waals surface area contributed by atoms with E-state index in [-0.39, 0.29) is 30.3 Å². The second kappa shape index (κ2) is 21.9. The van der Waals surface area contributed by atoms with Crippen molar-refractivity contribution in [1.29, 1.82) is 0 Å². The summed E-state index contributed by atoms with van der Waals surface area (Å²) in [5.74, 6) is -1.71. The molecule has 1 saturated carbocycles. The number of thiazole rings is 1. The fourth-order valence-electron chi connectivity index (χ4n) is 4.18. The molecular weight excluding hydrogens is 619 g/mol. The van der Waals surface area contributed by atoms with E-state index in [0.29, 0.717) is 33.8 Å². The Bertz CT molecular complexity index is 1540. The van der Waals surface area contributed by atoms with Gasteiger partial charge in [0.1, 0.15) is 24.4 Å². The van der Waals surface area contributed by atoms with Crippen LogP contribution in [0.25, 0.3) is 21.3 Å². The number of nitrogens with zero attached hydrogens (tertiary/aromatic N) is 1. The minimum absolute atomic E-state index is 0.0790. The topological polar surface area (TPSA) is 134 Å². The number of benzene rings is 3. The lowest BCUT2D eigenvalue weighted by atomic mass is 10.0. The van der Waals surface area contributed by atoms with Crippen molar-refractivity contribution in [2.45, 2.75) is 65.8 Å². The summed E-state index contributed by atoms with van der Waals surface area (Å²) >= 11 is 1.32. The molecule has 1 fully saturated rings. The first-order valence-corrected chi connectivity index (χ1v) is 16.4. The Hall–Kier alpha value is -4.77. The first-order valence-electron chi connectivity index (χ1n) is 15.5. The quantitative estimate of drug-likeness (QED) is 0.183. The number of carbonyl (C=O) groups is 5. The van der Waals surface area contributed by atoms with E-state index in [0.717, 1.165) is 29.5 Å². The summed E-state index contributed by atoms with van der Waals surface area (Å²) in [7, 11) is 0. The minimum atomic E-state index is -0.581. The number of nitrogens with one attached hydrogen (secondary N) is 3. The molecule has 11 heteroatoms. The Balaban J connectivity index is 0.00000128. The van der Waals surface area contributed by atoms with Crippen molar-refractivity contribution in [3.05, 3.63) is 88.7 Å². The number of rotatable bonds is 10. The molecule has 5 rings (SSSR count). The molecule has 0 saturated heterocycles. The van der Waals surface area contributed by atoms with Crippen LogP contribution in [-0.4, -0.2) is 55.4 Å². The van der Waals surface area contributed by atoms with E-state index < -0.39 is 11.7 Å². The molecule has 0 spiro atoms. The lowest BCUT2D eigenvalue weighted by Crippen LogP contribution is -2.39. The summed E-state index contributed by atoms with van der Waals surface area (Å²) < 4.78 is 15.8. The lowest BCUT2D eigenvalue weighted by molar-refractivity contribution is -0.126. The average molecular weight is 665 g/mol. The van der Waals surface area contributed by atoms with Crippen molar-refractivity contribution < 1.29 is 28.4 Å². The monoisotopic (exact) mass is 664 g/mol. The standard InChI is InChI=1S/C30H29FN4O3S.2C2H6.2CH2O/c1-18(28(37)33-17-27(36)34-22-11-12-22)30-35-25-16-24(31)23(15-26(25)39-30)20-7-9-21(10-8-20)29(38)32-14-13-19-5-3-2-4-6-19;4*1-2/h2-10,15-16,18,22H,11-14,17H2,1H3,(H,32,38)(H,33,37)(H,34,36);2*1-2H3;2*1H2. The molecule has 1 aliphatic rings. The van der Waals surface area contributed by atoms with Crippen molar-refractivity contribution in [3.8, 4) is 11.1 Å². The third-order valence-corrected chi connectivity index (χ3v) is 7.82. The smallest absolute Gasteiger partial charge is 0.251 e. The molecule has 1 unspecified atom stereocenters. The molecule has 1 aromatic heterocycles. The predicted octanol–water partition coefficient (Wildman–Crippen LogP) is 6.26. The van der Waals surface area contributed by atoms with Crippen LogP contribution >= 0.6 is 11.3 Å². The zero-order valence-electron chi connectivity index (χ0n) is 27.7. The normalized spacial score (nSPS) is 11.7. The van der Waals surface area contributed by atoms with Crippen LogP contribution in [0, 0.1) is 5.82 Å². The minimum Gasteiger partial charge on any atom is -0.352 e. The number of carbonyl (C=O) groups excluding carboxylic acids is 5. The molecule has 1 atom stereocenters. The fourth-order valence-corrected chi connectivity index (χ4v) is 5.22. The summed E-state index contributed by atoms with van der Waals surface area (Å²) in [6, 6.07) is 20.1. The summed E-state index contributed by atoms with van der Waals surface area (Å²) in [6.07, 6.45) is 2.70. The van der Waals surface area contributed by atoms with Crippen LogP contribution in [-0.2, 0) is 25.6 Å². The summed E-state index contributed by atoms with van der Waals surface area (Å²) in [5.41, 5.74) is 3.15. The van der Waals surface area contributed by atoms with Crippen LogP contribution in [0.4, 0.5) is 4.39 Å². The second-order valence-electron chi connectivity index (χ2n) is 9.70. The van der Waals surface area contributed by atoms with Crippen LogP contribution in [0.15, 0.2) is 66.7 Å². The third-order valence-electron chi connectivity index (χ3n) is 6.62. The predicted molar refractivity (Wildman–Crippen MR) is 187 cm³/mol. The van der Waals surface area contributed by atoms with E-state index in [1.54, 1.807) is 37.3 Å². The zero-order chi connectivity index (χ0) is 35.4. The highest BCUT2D eigenvalue weighted by molar-refractivity contribution is 7.18. The highest BCUT2D eigenvalue weighted by atomic mass is 32.1. The number of hydrogen-bond donors (Lipinski definition) is 3. The first kappa shape index (κ1) is 40.3. The molecule has 9 nitrogen and oxygen atoms in total. The largest absolute Gasteiger partial charge is 0.352 e. The molecule has 4 aromatic rings. The van der Waals surface area contributed by atoms with Crippen LogP contribution in [0.2, 0.25) is 0 Å². The van der Waals surface area contributed by atoms with Crippen molar-refractivity contribution in [3.63, 3.8) is 0 Å². The van der Waals surface area contributed by atoms with Gasteiger partial charge in [0.2, 0.25) is 11.8 Å². The van der Waals surface area contributed by atoms with Gasteiger partial charge in [-0.3, -0.25) is 14.4 Å². The Morgan fingerprint density at radius 2 is 1.53 bits per heavy atom. The molecule has 252 valence electrons. The molecule has 3 aromatic carbocycles. The molecule has 47 heavy (non-hydrogen) atoms. The number of hydrogen-bond acceptors (Lipinski definition) is 7. The fraction of sp³-hybridized carbons (Fsp3) is 0.333. The van der Waals surface area contributed by atoms with Gasteiger partial charge in [-0.05, 0) is 55.5 Å². The molecular formula is C36H45FN4O5S. The van der Waals surface area contributed by atoms with Gasteiger partial charge in [-0.2, -0.15) is 0 Å². The maximum absolute atomic E-state index is 15.0. The summed E-state index contributed by atoms with van der Waals surface area (Å²) in [6.45, 7) is 14.2.